The molecule has 1 aromatic carbocycles. The smallest absolute Gasteiger partial charge is 0.141 e. The highest BCUT2D eigenvalue weighted by atomic mass is 79.9. The summed E-state index contributed by atoms with van der Waals surface area (Å²) in [6, 6.07) is 2.83. The summed E-state index contributed by atoms with van der Waals surface area (Å²) >= 11 is 3.00. The molecule has 3 nitrogen and oxygen atoms in total. The summed E-state index contributed by atoms with van der Waals surface area (Å²) < 4.78 is 18.5. The predicted octanol–water partition coefficient (Wildman–Crippen LogP) is 1.95. The molecule has 1 heterocycles. The number of nitrogens with one attached hydrogen (secondary N) is 1. The van der Waals surface area contributed by atoms with Crippen molar-refractivity contribution in [3.63, 3.8) is 0 Å². The molecule has 0 amide bonds. The van der Waals surface area contributed by atoms with Gasteiger partial charge < -0.3 is 15.2 Å². The normalized spacial score (nSPS) is 21.6. The Balaban J connectivity index is 2.31. The molecule has 1 aliphatic rings. The summed E-state index contributed by atoms with van der Waals surface area (Å²) in [5.41, 5.74) is 0.656. The molecule has 0 aromatic heterocycles. The third-order valence-electron chi connectivity index (χ3n) is 2.40. The van der Waals surface area contributed by atoms with Crippen molar-refractivity contribution in [2.45, 2.75) is 6.04 Å². The summed E-state index contributed by atoms with van der Waals surface area (Å²) in [7, 11) is 0. The molecule has 5 heteroatoms. The third kappa shape index (κ3) is 2.14. The largest absolute Gasteiger partial charge is 0.506 e. The maximum Gasteiger partial charge on any atom is 0.141 e. The van der Waals surface area contributed by atoms with Crippen molar-refractivity contribution in [3.8, 4) is 5.75 Å². The number of ether oxygens (including phenoxy) is 1. The third-order valence-corrected chi connectivity index (χ3v) is 3.15. The molecule has 1 fully saturated rings. The number of morpholine rings is 1. The molecule has 0 saturated carbocycles. The number of aromatic hydroxyl groups is 1. The average molecular weight is 276 g/mol. The van der Waals surface area contributed by atoms with Gasteiger partial charge in [-0.3, -0.25) is 0 Å². The van der Waals surface area contributed by atoms with E-state index in [0.29, 0.717) is 18.8 Å². The van der Waals surface area contributed by atoms with Crippen LogP contribution in [0.2, 0.25) is 0 Å². The van der Waals surface area contributed by atoms with Gasteiger partial charge in [0.1, 0.15) is 11.6 Å². The minimum absolute atomic E-state index is 0.0574. The molecule has 1 aliphatic heterocycles. The highest BCUT2D eigenvalue weighted by Gasteiger charge is 2.20. The lowest BCUT2D eigenvalue weighted by Crippen LogP contribution is -2.34. The van der Waals surface area contributed by atoms with E-state index in [-0.39, 0.29) is 16.3 Å². The topological polar surface area (TPSA) is 41.5 Å². The number of rotatable bonds is 1. The molecule has 1 atom stereocenters. The maximum atomic E-state index is 13.1. The quantitative estimate of drug-likeness (QED) is 0.823. The van der Waals surface area contributed by atoms with Gasteiger partial charge in [0, 0.05) is 12.1 Å². The Bertz CT molecular complexity index is 367. The SMILES string of the molecule is Oc1c([C@@H]2COCCN2)ccc(F)c1Br. The molecule has 0 radical (unpaired) electrons. The van der Waals surface area contributed by atoms with Crippen LogP contribution < -0.4 is 5.32 Å². The van der Waals surface area contributed by atoms with Crippen LogP contribution in [0.1, 0.15) is 11.6 Å². The van der Waals surface area contributed by atoms with Gasteiger partial charge in [-0.1, -0.05) is 6.07 Å². The van der Waals surface area contributed by atoms with E-state index in [1.807, 2.05) is 0 Å². The first kappa shape index (κ1) is 10.9. The van der Waals surface area contributed by atoms with E-state index in [2.05, 4.69) is 21.2 Å². The highest BCUT2D eigenvalue weighted by Crippen LogP contribution is 2.34. The Kier molecular flexibility index (Phi) is 3.23. The number of halogens is 2. The van der Waals surface area contributed by atoms with Crippen molar-refractivity contribution >= 4 is 15.9 Å². The van der Waals surface area contributed by atoms with Gasteiger partial charge in [-0.2, -0.15) is 0 Å². The van der Waals surface area contributed by atoms with Crippen LogP contribution in [-0.2, 0) is 4.74 Å². The van der Waals surface area contributed by atoms with Crippen LogP contribution in [0.5, 0.6) is 5.75 Å². The lowest BCUT2D eigenvalue weighted by atomic mass is 10.1. The summed E-state index contributed by atoms with van der Waals surface area (Å²) in [6.07, 6.45) is 0. The van der Waals surface area contributed by atoms with Gasteiger partial charge in [-0.15, -0.1) is 0 Å². The highest BCUT2D eigenvalue weighted by molar-refractivity contribution is 9.10. The molecule has 15 heavy (non-hydrogen) atoms. The van der Waals surface area contributed by atoms with E-state index < -0.39 is 5.82 Å². The minimum atomic E-state index is -0.465. The molecular formula is C10H11BrFNO2. The van der Waals surface area contributed by atoms with Crippen molar-refractivity contribution in [1.82, 2.24) is 5.32 Å². The van der Waals surface area contributed by atoms with Gasteiger partial charge in [-0.25, -0.2) is 4.39 Å². The first-order chi connectivity index (χ1) is 7.20. The monoisotopic (exact) mass is 275 g/mol. The van der Waals surface area contributed by atoms with E-state index in [4.69, 9.17) is 4.74 Å². The summed E-state index contributed by atoms with van der Waals surface area (Å²) in [5, 5.41) is 12.9. The molecule has 0 bridgehead atoms. The van der Waals surface area contributed by atoms with Gasteiger partial charge in [-0.05, 0) is 22.0 Å². The first-order valence-corrected chi connectivity index (χ1v) is 5.47. The Morgan fingerprint density at radius 1 is 1.53 bits per heavy atom. The second-order valence-electron chi connectivity index (χ2n) is 3.38. The molecule has 0 spiro atoms. The maximum absolute atomic E-state index is 13.1. The first-order valence-electron chi connectivity index (χ1n) is 4.68. The zero-order valence-electron chi connectivity index (χ0n) is 7.96. The van der Waals surface area contributed by atoms with E-state index >= 15 is 0 Å². The number of benzene rings is 1. The second kappa shape index (κ2) is 4.47. The lowest BCUT2D eigenvalue weighted by Gasteiger charge is -2.25. The predicted molar refractivity (Wildman–Crippen MR) is 57.3 cm³/mol. The molecule has 0 aliphatic carbocycles. The van der Waals surface area contributed by atoms with Gasteiger partial charge >= 0.3 is 0 Å². The molecule has 2 N–H and O–H groups in total. The van der Waals surface area contributed by atoms with Crippen LogP contribution >= 0.6 is 15.9 Å². The van der Waals surface area contributed by atoms with Crippen LogP contribution in [0.4, 0.5) is 4.39 Å². The van der Waals surface area contributed by atoms with Gasteiger partial charge in [0.15, 0.2) is 0 Å². The fraction of sp³-hybridized carbons (Fsp3) is 0.400. The fourth-order valence-electron chi connectivity index (χ4n) is 1.60. The van der Waals surface area contributed by atoms with Crippen LogP contribution in [-0.4, -0.2) is 24.9 Å². The molecule has 0 unspecified atom stereocenters. The van der Waals surface area contributed by atoms with Crippen molar-refractivity contribution in [3.05, 3.63) is 28.0 Å². The standard InChI is InChI=1S/C10H11BrFNO2/c11-9-7(12)2-1-6(10(9)14)8-5-15-4-3-13-8/h1-2,8,13-14H,3-5H2/t8-/m0/s1. The Morgan fingerprint density at radius 3 is 3.00 bits per heavy atom. The number of hydrogen-bond donors (Lipinski definition) is 2. The summed E-state index contributed by atoms with van der Waals surface area (Å²) in [4.78, 5) is 0. The Morgan fingerprint density at radius 2 is 2.33 bits per heavy atom. The average Bonchev–Trinajstić information content (AvgIpc) is 2.27. The van der Waals surface area contributed by atoms with E-state index in [1.54, 1.807) is 6.07 Å². The van der Waals surface area contributed by atoms with E-state index in [9.17, 15) is 9.50 Å². The van der Waals surface area contributed by atoms with Crippen LogP contribution in [0.15, 0.2) is 16.6 Å². The van der Waals surface area contributed by atoms with Crippen molar-refractivity contribution in [1.29, 1.82) is 0 Å². The zero-order valence-corrected chi connectivity index (χ0v) is 9.55. The van der Waals surface area contributed by atoms with Gasteiger partial charge in [0.25, 0.3) is 0 Å². The molecule has 1 aromatic rings. The van der Waals surface area contributed by atoms with E-state index in [1.165, 1.54) is 6.07 Å². The number of phenols is 1. The van der Waals surface area contributed by atoms with Crippen molar-refractivity contribution in [2.75, 3.05) is 19.8 Å². The molecular weight excluding hydrogens is 265 g/mol. The molecule has 2 rings (SSSR count). The van der Waals surface area contributed by atoms with Crippen molar-refractivity contribution < 1.29 is 14.2 Å². The minimum Gasteiger partial charge on any atom is -0.506 e. The van der Waals surface area contributed by atoms with Crippen LogP contribution in [0.3, 0.4) is 0 Å². The number of phenolic OH excluding ortho intramolecular Hbond substituents is 1. The summed E-state index contributed by atoms with van der Waals surface area (Å²) in [5.74, 6) is -0.522. The second-order valence-corrected chi connectivity index (χ2v) is 4.17. The molecule has 82 valence electrons. The zero-order chi connectivity index (χ0) is 10.8. The van der Waals surface area contributed by atoms with Crippen molar-refractivity contribution in [2.24, 2.45) is 0 Å². The Labute approximate surface area is 95.4 Å². The molecule has 1 saturated heterocycles. The van der Waals surface area contributed by atoms with Gasteiger partial charge in [0.05, 0.1) is 23.7 Å². The lowest BCUT2D eigenvalue weighted by molar-refractivity contribution is 0.0760. The number of hydrogen-bond acceptors (Lipinski definition) is 3. The summed E-state index contributed by atoms with van der Waals surface area (Å²) in [6.45, 7) is 1.89. The Hall–Kier alpha value is -0.650. The van der Waals surface area contributed by atoms with Gasteiger partial charge in [0.2, 0.25) is 0 Å². The van der Waals surface area contributed by atoms with E-state index in [0.717, 1.165) is 6.54 Å². The van der Waals surface area contributed by atoms with Crippen LogP contribution in [0, 0.1) is 5.82 Å². The van der Waals surface area contributed by atoms with Crippen LogP contribution in [0.25, 0.3) is 0 Å². The fourth-order valence-corrected chi connectivity index (χ4v) is 1.96.